The second kappa shape index (κ2) is 9.31. The molecule has 4 nitrogen and oxygen atoms in total. The van der Waals surface area contributed by atoms with Gasteiger partial charge in [0.2, 0.25) is 0 Å². The number of hydrogen-bond donors (Lipinski definition) is 0. The van der Waals surface area contributed by atoms with Crippen molar-refractivity contribution >= 4 is 23.1 Å². The summed E-state index contributed by atoms with van der Waals surface area (Å²) in [7, 11) is 0. The van der Waals surface area contributed by atoms with Crippen LogP contribution in [0.25, 0.3) is 0 Å². The molecule has 0 aliphatic heterocycles. The minimum absolute atomic E-state index is 0.0458. The Hall–Kier alpha value is -4.44. The van der Waals surface area contributed by atoms with Gasteiger partial charge in [-0.3, -0.25) is 19.2 Å². The van der Waals surface area contributed by atoms with Crippen LogP contribution >= 0.6 is 0 Å². The highest BCUT2D eigenvalue weighted by Gasteiger charge is 2.30. The van der Waals surface area contributed by atoms with Crippen LogP contribution in [0.3, 0.4) is 0 Å². The average Bonchev–Trinajstić information content (AvgIpc) is 2.94. The normalized spacial score (nSPS) is 13.2. The molecule has 6 rings (SSSR count). The predicted molar refractivity (Wildman–Crippen MR) is 138 cm³/mol. The molecule has 0 N–H and O–H groups in total. The van der Waals surface area contributed by atoms with Crippen molar-refractivity contribution in [1.82, 2.24) is 0 Å². The zero-order valence-electron chi connectivity index (χ0n) is 20.1. The molecule has 4 aromatic rings. The summed E-state index contributed by atoms with van der Waals surface area (Å²) >= 11 is 0. The molecule has 36 heavy (non-hydrogen) atoms. The summed E-state index contributed by atoms with van der Waals surface area (Å²) in [5.41, 5.74) is 6.34. The Bertz CT molecular complexity index is 1460. The lowest BCUT2D eigenvalue weighted by atomic mass is 9.83. The molecule has 4 heteroatoms. The van der Waals surface area contributed by atoms with E-state index in [1.165, 1.54) is 0 Å². The average molecular weight is 473 g/mol. The first-order valence-electron chi connectivity index (χ1n) is 12.1. The monoisotopic (exact) mass is 472 g/mol. The van der Waals surface area contributed by atoms with E-state index < -0.39 is 0 Å². The molecular formula is C32H24O4. The fourth-order valence-electron chi connectivity index (χ4n) is 4.73. The minimum atomic E-state index is -0.0529. The van der Waals surface area contributed by atoms with Crippen LogP contribution in [0.1, 0.15) is 88.7 Å². The highest BCUT2D eigenvalue weighted by molar-refractivity contribution is 6.29. The fourth-order valence-corrected chi connectivity index (χ4v) is 4.73. The number of ketones is 4. The van der Waals surface area contributed by atoms with E-state index in [2.05, 4.69) is 0 Å². The van der Waals surface area contributed by atoms with E-state index >= 15 is 0 Å². The van der Waals surface area contributed by atoms with Crippen molar-refractivity contribution < 1.29 is 19.2 Å². The maximum atomic E-state index is 12.4. The summed E-state index contributed by atoms with van der Waals surface area (Å²) in [4.78, 5) is 49.3. The third-order valence-corrected chi connectivity index (χ3v) is 6.80. The number of carbonyl (C=O) groups is 4. The van der Waals surface area contributed by atoms with Gasteiger partial charge in [-0.1, -0.05) is 86.6 Å². The van der Waals surface area contributed by atoms with Crippen molar-refractivity contribution in [1.29, 1.82) is 0 Å². The summed E-state index contributed by atoms with van der Waals surface area (Å²) in [6.07, 6.45) is 1.72. The van der Waals surface area contributed by atoms with Crippen molar-refractivity contribution in [2.75, 3.05) is 0 Å². The molecule has 0 spiro atoms. The first kappa shape index (κ1) is 23.3. The van der Waals surface area contributed by atoms with Crippen LogP contribution in [0, 0.1) is 0 Å². The van der Waals surface area contributed by atoms with E-state index in [0.29, 0.717) is 44.5 Å². The van der Waals surface area contributed by atoms with Gasteiger partial charge < -0.3 is 0 Å². The number of rotatable bonds is 2. The Kier molecular flexibility index (Phi) is 6.03. The van der Waals surface area contributed by atoms with Crippen LogP contribution in [0.2, 0.25) is 0 Å². The Labute approximate surface area is 209 Å². The van der Waals surface area contributed by atoms with E-state index in [0.717, 1.165) is 24.0 Å². The minimum Gasteiger partial charge on any atom is -0.289 e. The van der Waals surface area contributed by atoms with E-state index in [1.807, 2.05) is 38.1 Å². The number of fused-ring (bicyclic) bond motifs is 4. The van der Waals surface area contributed by atoms with Crippen LogP contribution in [0.15, 0.2) is 84.9 Å². The summed E-state index contributed by atoms with van der Waals surface area (Å²) in [5.74, 6) is -0.197. The van der Waals surface area contributed by atoms with Crippen LogP contribution in [-0.2, 0) is 12.8 Å². The van der Waals surface area contributed by atoms with E-state index in [4.69, 9.17) is 0 Å². The quantitative estimate of drug-likeness (QED) is 0.308. The molecule has 4 aromatic carbocycles. The van der Waals surface area contributed by atoms with Crippen molar-refractivity contribution in [3.63, 3.8) is 0 Å². The smallest absolute Gasteiger partial charge is 0.194 e. The number of aryl methyl sites for hydroxylation is 2. The first-order valence-corrected chi connectivity index (χ1v) is 12.1. The molecule has 0 amide bonds. The lowest BCUT2D eigenvalue weighted by Crippen LogP contribution is -2.20. The third kappa shape index (κ3) is 3.81. The number of carbonyl (C=O) groups excluding carboxylic acids is 4. The Morgan fingerprint density at radius 3 is 0.972 bits per heavy atom. The van der Waals surface area contributed by atoms with Crippen molar-refractivity contribution in [3.8, 4) is 0 Å². The number of benzene rings is 4. The Balaban J connectivity index is 0.000000148. The molecule has 2 aliphatic carbocycles. The molecule has 0 saturated carbocycles. The van der Waals surface area contributed by atoms with Gasteiger partial charge in [0.1, 0.15) is 0 Å². The molecule has 0 unspecified atom stereocenters. The lowest BCUT2D eigenvalue weighted by molar-refractivity contribution is 0.0979. The fraction of sp³-hybridized carbons (Fsp3) is 0.125. The van der Waals surface area contributed by atoms with Gasteiger partial charge in [-0.2, -0.15) is 0 Å². The van der Waals surface area contributed by atoms with Gasteiger partial charge in [-0.15, -0.1) is 0 Å². The van der Waals surface area contributed by atoms with Crippen LogP contribution in [-0.4, -0.2) is 23.1 Å². The van der Waals surface area contributed by atoms with Gasteiger partial charge >= 0.3 is 0 Å². The van der Waals surface area contributed by atoms with Crippen LogP contribution < -0.4 is 0 Å². The Morgan fingerprint density at radius 1 is 0.389 bits per heavy atom. The van der Waals surface area contributed by atoms with Gasteiger partial charge in [0.15, 0.2) is 23.1 Å². The molecule has 0 heterocycles. The van der Waals surface area contributed by atoms with Crippen molar-refractivity contribution in [2.24, 2.45) is 0 Å². The molecule has 0 radical (unpaired) electrons. The summed E-state index contributed by atoms with van der Waals surface area (Å²) in [6, 6.07) is 25.1. The molecule has 0 atom stereocenters. The molecule has 0 aromatic heterocycles. The van der Waals surface area contributed by atoms with E-state index in [-0.39, 0.29) is 23.1 Å². The molecular weight excluding hydrogens is 448 g/mol. The molecule has 176 valence electrons. The van der Waals surface area contributed by atoms with E-state index in [1.54, 1.807) is 60.7 Å². The topological polar surface area (TPSA) is 68.3 Å². The van der Waals surface area contributed by atoms with Gasteiger partial charge in [-0.25, -0.2) is 0 Å². The zero-order valence-corrected chi connectivity index (χ0v) is 20.1. The maximum absolute atomic E-state index is 12.4. The molecule has 0 bridgehead atoms. The Morgan fingerprint density at radius 2 is 0.667 bits per heavy atom. The van der Waals surface area contributed by atoms with Gasteiger partial charge in [0.25, 0.3) is 0 Å². The molecule has 0 fully saturated rings. The first-order chi connectivity index (χ1) is 17.4. The SMILES string of the molecule is CCc1ccc2c(c1)C(=O)c1ccccc1C2=O.CCc1ccc2c(c1)C(=O)c1ccccc1C2=O. The lowest BCUT2D eigenvalue weighted by Gasteiger charge is -2.17. The highest BCUT2D eigenvalue weighted by Crippen LogP contribution is 2.29. The predicted octanol–water partition coefficient (Wildman–Crippen LogP) is 6.05. The molecule has 2 aliphatic rings. The summed E-state index contributed by atoms with van der Waals surface area (Å²) in [6.45, 7) is 4.07. The zero-order chi connectivity index (χ0) is 25.4. The highest BCUT2D eigenvalue weighted by atomic mass is 16.1. The van der Waals surface area contributed by atoms with E-state index in [9.17, 15) is 19.2 Å². The summed E-state index contributed by atoms with van der Waals surface area (Å²) < 4.78 is 0. The second-order valence-electron chi connectivity index (χ2n) is 8.87. The second-order valence-corrected chi connectivity index (χ2v) is 8.87. The van der Waals surface area contributed by atoms with Crippen molar-refractivity contribution in [2.45, 2.75) is 26.7 Å². The maximum Gasteiger partial charge on any atom is 0.194 e. The standard InChI is InChI=1S/2C16H12O2/c2*1-2-10-7-8-13-14(9-10)16(18)12-6-4-3-5-11(12)15(13)17/h2*3-9H,2H2,1H3. The number of hydrogen-bond acceptors (Lipinski definition) is 4. The van der Waals surface area contributed by atoms with Crippen molar-refractivity contribution in [3.05, 3.63) is 141 Å². The van der Waals surface area contributed by atoms with Gasteiger partial charge in [0.05, 0.1) is 0 Å². The van der Waals surface area contributed by atoms with Crippen LogP contribution in [0.4, 0.5) is 0 Å². The van der Waals surface area contributed by atoms with Gasteiger partial charge in [-0.05, 0) is 36.1 Å². The molecule has 0 saturated heterocycles. The third-order valence-electron chi connectivity index (χ3n) is 6.80. The van der Waals surface area contributed by atoms with Gasteiger partial charge in [0, 0.05) is 44.5 Å². The van der Waals surface area contributed by atoms with Crippen LogP contribution in [0.5, 0.6) is 0 Å². The summed E-state index contributed by atoms with van der Waals surface area (Å²) in [5, 5.41) is 0. The largest absolute Gasteiger partial charge is 0.289 e.